The third-order valence-electron chi connectivity index (χ3n) is 6.07. The third kappa shape index (κ3) is 6.66. The molecule has 0 saturated carbocycles. The summed E-state index contributed by atoms with van der Waals surface area (Å²) >= 11 is 4.95. The maximum Gasteiger partial charge on any atom is 0.315 e. The summed E-state index contributed by atoms with van der Waals surface area (Å²) < 4.78 is 27.8. The summed E-state index contributed by atoms with van der Waals surface area (Å²) in [5, 5.41) is 21.1. The van der Waals surface area contributed by atoms with Gasteiger partial charge >= 0.3 is 5.69 Å². The van der Waals surface area contributed by atoms with Gasteiger partial charge in [-0.2, -0.15) is 5.26 Å². The lowest BCUT2D eigenvalue weighted by Gasteiger charge is -2.17. The van der Waals surface area contributed by atoms with Gasteiger partial charge in [0.1, 0.15) is 0 Å². The van der Waals surface area contributed by atoms with Crippen molar-refractivity contribution >= 4 is 41.0 Å². The lowest BCUT2D eigenvalue weighted by molar-refractivity contribution is -0.386. The number of nitrogens with zero attached hydrogens (tertiary/aromatic N) is 2. The van der Waals surface area contributed by atoms with Crippen molar-refractivity contribution in [2.24, 2.45) is 0 Å². The molecule has 0 bridgehead atoms. The van der Waals surface area contributed by atoms with Gasteiger partial charge in [0, 0.05) is 27.7 Å². The predicted octanol–water partition coefficient (Wildman–Crippen LogP) is 6.89. The average molecular weight is 601 g/mol. The van der Waals surface area contributed by atoms with Gasteiger partial charge in [-0.3, -0.25) is 10.1 Å². The molecule has 0 spiro atoms. The van der Waals surface area contributed by atoms with E-state index in [9.17, 15) is 10.1 Å². The number of methoxy groups -OCH3 is 4. The Hall–Kier alpha value is -3.40. The van der Waals surface area contributed by atoms with Crippen molar-refractivity contribution in [3.05, 3.63) is 75.3 Å². The molecular weight excluding hydrogens is 573 g/mol. The second-order valence-electron chi connectivity index (χ2n) is 8.41. The van der Waals surface area contributed by atoms with Crippen LogP contribution in [0.15, 0.2) is 53.4 Å². The molecule has 1 heterocycles. The van der Waals surface area contributed by atoms with Crippen molar-refractivity contribution in [1.29, 1.82) is 5.26 Å². The number of rotatable bonds is 12. The highest BCUT2D eigenvalue weighted by Crippen LogP contribution is 2.58. The molecule has 0 radical (unpaired) electrons. The summed E-state index contributed by atoms with van der Waals surface area (Å²) in [5.41, 5.74) is 2.27. The van der Waals surface area contributed by atoms with E-state index < -0.39 is 4.92 Å². The Morgan fingerprint density at radius 3 is 2.15 bits per heavy atom. The van der Waals surface area contributed by atoms with Crippen molar-refractivity contribution in [2.45, 2.75) is 14.7 Å². The van der Waals surface area contributed by atoms with Gasteiger partial charge in [-0.05, 0) is 53.6 Å². The van der Waals surface area contributed by atoms with Gasteiger partial charge in [0.05, 0.1) is 56.2 Å². The smallest absolute Gasteiger partial charge is 0.315 e. The Labute approximate surface area is 245 Å². The molecule has 1 fully saturated rings. The molecule has 2 atom stereocenters. The Bertz CT molecular complexity index is 1370. The fourth-order valence-electron chi connectivity index (χ4n) is 4.14. The van der Waals surface area contributed by atoms with Crippen LogP contribution in [0.3, 0.4) is 0 Å². The van der Waals surface area contributed by atoms with E-state index in [1.54, 1.807) is 63.1 Å². The molecule has 0 aliphatic carbocycles. The quantitative estimate of drug-likeness (QED) is 0.0937. The number of hydrogen-bond donors (Lipinski definition) is 0. The van der Waals surface area contributed by atoms with E-state index >= 15 is 0 Å². The van der Waals surface area contributed by atoms with E-state index in [4.69, 9.17) is 28.9 Å². The second-order valence-corrected chi connectivity index (χ2v) is 12.3. The first-order valence-electron chi connectivity index (χ1n) is 12.1. The lowest BCUT2D eigenvalue weighted by Crippen LogP contribution is -2.05. The maximum absolute atomic E-state index is 12.0. The first kappa shape index (κ1) is 29.6. The standard InChI is InChI=1S/C28H28N2O7S3/c1-33-22-14-19(28-39-16-25(40-28)18-12-23(34-2)27(36-4)24(13-18)35-3)11-21(30(31)32)26(22)37-9-10-38-20-7-5-17(15-29)6-8-20/h5-8,11-14,25,28H,9-10,16H2,1-4H3/t25-,28+/m1/s1. The van der Waals surface area contributed by atoms with Crippen LogP contribution in [0.1, 0.15) is 26.5 Å². The Morgan fingerprint density at radius 2 is 1.57 bits per heavy atom. The zero-order valence-electron chi connectivity index (χ0n) is 22.4. The average Bonchev–Trinajstić information content (AvgIpc) is 3.49. The van der Waals surface area contributed by atoms with Gasteiger partial charge < -0.3 is 23.7 Å². The third-order valence-corrected chi connectivity index (χ3v) is 10.4. The monoisotopic (exact) mass is 600 g/mol. The summed E-state index contributed by atoms with van der Waals surface area (Å²) in [6, 6.07) is 16.6. The minimum Gasteiger partial charge on any atom is -0.493 e. The molecule has 0 amide bonds. The highest BCUT2D eigenvalue weighted by atomic mass is 32.2. The molecule has 9 nitrogen and oxygen atoms in total. The van der Waals surface area contributed by atoms with Crippen LogP contribution in [-0.4, -0.2) is 51.5 Å². The first-order chi connectivity index (χ1) is 19.4. The van der Waals surface area contributed by atoms with Crippen molar-refractivity contribution in [2.75, 3.05) is 46.6 Å². The Morgan fingerprint density at radius 1 is 0.950 bits per heavy atom. The van der Waals surface area contributed by atoms with Crippen LogP contribution in [-0.2, 0) is 0 Å². The van der Waals surface area contributed by atoms with Crippen LogP contribution in [0.4, 0.5) is 5.69 Å². The highest BCUT2D eigenvalue weighted by Gasteiger charge is 2.33. The van der Waals surface area contributed by atoms with E-state index in [1.165, 1.54) is 18.9 Å². The fourth-order valence-corrected chi connectivity index (χ4v) is 8.13. The van der Waals surface area contributed by atoms with Crippen molar-refractivity contribution in [3.63, 3.8) is 0 Å². The lowest BCUT2D eigenvalue weighted by atomic mass is 10.1. The van der Waals surface area contributed by atoms with Crippen LogP contribution >= 0.6 is 35.3 Å². The molecule has 3 aromatic rings. The molecule has 1 saturated heterocycles. The molecule has 12 heteroatoms. The van der Waals surface area contributed by atoms with E-state index in [0.29, 0.717) is 34.3 Å². The number of hydrogen-bond acceptors (Lipinski definition) is 11. The summed E-state index contributed by atoms with van der Waals surface area (Å²) in [4.78, 5) is 12.6. The van der Waals surface area contributed by atoms with Gasteiger partial charge in [0.15, 0.2) is 17.2 Å². The number of nitro benzene ring substituents is 1. The minimum absolute atomic E-state index is 0.0438. The molecule has 0 aromatic heterocycles. The van der Waals surface area contributed by atoms with E-state index in [0.717, 1.165) is 21.8 Å². The van der Waals surface area contributed by atoms with Crippen LogP contribution in [0.2, 0.25) is 0 Å². The predicted molar refractivity (Wildman–Crippen MR) is 159 cm³/mol. The van der Waals surface area contributed by atoms with Crippen LogP contribution in [0, 0.1) is 21.4 Å². The summed E-state index contributed by atoms with van der Waals surface area (Å²) in [6.07, 6.45) is 0. The molecule has 3 aromatic carbocycles. The van der Waals surface area contributed by atoms with Gasteiger partial charge in [-0.25, -0.2) is 0 Å². The molecule has 1 aliphatic rings. The van der Waals surface area contributed by atoms with Gasteiger partial charge in [-0.15, -0.1) is 35.3 Å². The van der Waals surface area contributed by atoms with Crippen molar-refractivity contribution in [1.82, 2.24) is 0 Å². The van der Waals surface area contributed by atoms with Gasteiger partial charge in [0.25, 0.3) is 0 Å². The first-order valence-corrected chi connectivity index (χ1v) is 15.1. The molecule has 0 N–H and O–H groups in total. The van der Waals surface area contributed by atoms with Crippen molar-refractivity contribution in [3.8, 4) is 34.8 Å². The number of benzene rings is 3. The number of nitro groups is 1. The topological polar surface area (TPSA) is 113 Å². The zero-order valence-corrected chi connectivity index (χ0v) is 24.8. The van der Waals surface area contributed by atoms with Crippen LogP contribution in [0.5, 0.6) is 28.7 Å². The molecular formula is C28H28N2O7S3. The Balaban J connectivity index is 1.49. The summed E-state index contributed by atoms with van der Waals surface area (Å²) in [7, 11) is 6.22. The molecule has 210 valence electrons. The van der Waals surface area contributed by atoms with Crippen molar-refractivity contribution < 1.29 is 28.6 Å². The highest BCUT2D eigenvalue weighted by molar-refractivity contribution is 8.19. The van der Waals surface area contributed by atoms with Gasteiger partial charge in [0.2, 0.25) is 11.5 Å². The van der Waals surface area contributed by atoms with Gasteiger partial charge in [-0.1, -0.05) is 0 Å². The Kier molecular flexibility index (Phi) is 10.2. The summed E-state index contributed by atoms with van der Waals surface area (Å²) in [6.45, 7) is 0.247. The van der Waals surface area contributed by atoms with E-state index in [1.807, 2.05) is 30.3 Å². The molecule has 0 unspecified atom stereocenters. The fraction of sp³-hybridized carbons (Fsp3) is 0.321. The molecule has 1 aliphatic heterocycles. The largest absolute Gasteiger partial charge is 0.493 e. The van der Waals surface area contributed by atoms with Crippen LogP contribution in [0.25, 0.3) is 0 Å². The molecule has 4 rings (SSSR count). The second kappa shape index (κ2) is 13.8. The normalized spacial score (nSPS) is 16.2. The molecule has 40 heavy (non-hydrogen) atoms. The summed E-state index contributed by atoms with van der Waals surface area (Å²) in [5.74, 6) is 3.51. The number of nitriles is 1. The van der Waals surface area contributed by atoms with Crippen LogP contribution < -0.4 is 23.7 Å². The SMILES string of the molecule is COc1cc([C@H]2CS[C@H](c3cc(OC)c(OCCSc4ccc(C#N)cc4)c([N+](=O)[O-])c3)S2)cc(OC)c1OC. The number of ether oxygens (including phenoxy) is 5. The minimum atomic E-state index is -0.434. The number of thioether (sulfide) groups is 3. The maximum atomic E-state index is 12.0. The van der Waals surface area contributed by atoms with E-state index in [-0.39, 0.29) is 27.9 Å². The van der Waals surface area contributed by atoms with E-state index in [2.05, 4.69) is 6.07 Å². The zero-order chi connectivity index (χ0) is 28.6.